The van der Waals surface area contributed by atoms with Gasteiger partial charge in [0, 0.05) is 82.2 Å². The number of hydrogen-bond acceptors (Lipinski definition) is 6. The Labute approximate surface area is 542 Å². The molecule has 0 N–H and O–H groups in total. The van der Waals surface area contributed by atoms with E-state index in [2.05, 4.69) is 263 Å². The van der Waals surface area contributed by atoms with E-state index in [0.29, 0.717) is 5.56 Å². The van der Waals surface area contributed by atoms with Crippen molar-refractivity contribution in [2.24, 2.45) is 0 Å². The van der Waals surface area contributed by atoms with E-state index in [0.717, 1.165) is 91.0 Å². The van der Waals surface area contributed by atoms with Gasteiger partial charge in [0.25, 0.3) is 6.71 Å². The summed E-state index contributed by atoms with van der Waals surface area (Å²) >= 11 is 1.96. The van der Waals surface area contributed by atoms with E-state index < -0.39 is 17.8 Å². The summed E-state index contributed by atoms with van der Waals surface area (Å²) in [5.74, 6) is 0. The molecular formula is C83H82BN5S. The van der Waals surface area contributed by atoms with Crippen LogP contribution in [0.15, 0.2) is 213 Å². The SMILES string of the molecule is [2H]C([2H])([2H])C1(c2ccccc2)N(c2cc3c4c(c2)N(c2ccc(C(C)(C)C)cc2-c2ccccn2)c2cc5sc6c(c5cc2B4c2cc(C(C)(C)C)ccc2N3c2ccc(C(C)(C)C)cc2-c2ccccn2)C(C)(C)CC6(C)C)c2ccccc2C1(C)c1ccccc1. The first kappa shape index (κ1) is 54.4. The second kappa shape index (κ2) is 20.0. The molecule has 8 aromatic carbocycles. The Kier molecular flexibility index (Phi) is 12.1. The number of anilines is 8. The van der Waals surface area contributed by atoms with Gasteiger partial charge in [-0.2, -0.15) is 0 Å². The van der Waals surface area contributed by atoms with Gasteiger partial charge in [-0.3, -0.25) is 9.97 Å². The van der Waals surface area contributed by atoms with Crippen molar-refractivity contribution in [1.82, 2.24) is 9.97 Å². The summed E-state index contributed by atoms with van der Waals surface area (Å²) in [5, 5.41) is 1.32. The Morgan fingerprint density at radius 2 is 0.967 bits per heavy atom. The summed E-state index contributed by atoms with van der Waals surface area (Å²) in [5.41, 5.74) is 19.0. The first-order chi connectivity index (χ1) is 44.0. The van der Waals surface area contributed by atoms with E-state index in [1.54, 1.807) is 0 Å². The summed E-state index contributed by atoms with van der Waals surface area (Å²) < 4.78 is 32.9. The van der Waals surface area contributed by atoms with Gasteiger partial charge >= 0.3 is 0 Å². The predicted molar refractivity (Wildman–Crippen MR) is 384 cm³/mol. The molecule has 3 aliphatic heterocycles. The molecule has 3 aromatic heterocycles. The molecular weight excluding hydrogens is 1110 g/mol. The summed E-state index contributed by atoms with van der Waals surface area (Å²) in [6, 6.07) is 72.5. The topological polar surface area (TPSA) is 35.5 Å². The predicted octanol–water partition coefficient (Wildman–Crippen LogP) is 20.3. The summed E-state index contributed by atoms with van der Waals surface area (Å²) in [6.45, 7) is 29.7. The van der Waals surface area contributed by atoms with Gasteiger partial charge in [-0.05, 0) is 181 Å². The van der Waals surface area contributed by atoms with Gasteiger partial charge in [0.2, 0.25) is 0 Å². The monoisotopic (exact) mass is 1190 g/mol. The zero-order valence-electron chi connectivity index (χ0n) is 57.6. The molecule has 0 saturated carbocycles. The minimum Gasteiger partial charge on any atom is -0.330 e. The van der Waals surface area contributed by atoms with Crippen molar-refractivity contribution in [2.45, 2.75) is 148 Å². The molecule has 15 rings (SSSR count). The molecule has 90 heavy (non-hydrogen) atoms. The highest BCUT2D eigenvalue weighted by Gasteiger charge is 2.59. The van der Waals surface area contributed by atoms with Crippen molar-refractivity contribution >= 4 is 90.0 Å². The van der Waals surface area contributed by atoms with E-state index in [4.69, 9.17) is 9.97 Å². The molecule has 1 aliphatic carbocycles. The molecule has 0 spiro atoms. The second-order valence-electron chi connectivity index (χ2n) is 30.5. The third-order valence-corrected chi connectivity index (χ3v) is 22.1. The lowest BCUT2D eigenvalue weighted by atomic mass is 9.33. The van der Waals surface area contributed by atoms with Crippen LogP contribution in [-0.2, 0) is 38.0 Å². The fraction of sp³-hybridized carbons (Fsp3) is 0.277. The van der Waals surface area contributed by atoms with E-state index in [9.17, 15) is 4.11 Å². The third-order valence-electron chi connectivity index (χ3n) is 20.5. The van der Waals surface area contributed by atoms with Crippen molar-refractivity contribution in [3.05, 3.63) is 256 Å². The molecule has 0 fully saturated rings. The number of rotatable bonds is 7. The van der Waals surface area contributed by atoms with Gasteiger partial charge < -0.3 is 14.7 Å². The van der Waals surface area contributed by atoms with Gasteiger partial charge in [-0.15, -0.1) is 11.3 Å². The van der Waals surface area contributed by atoms with Crippen LogP contribution in [0.3, 0.4) is 0 Å². The van der Waals surface area contributed by atoms with Crippen molar-refractivity contribution in [3.63, 3.8) is 0 Å². The number of fused-ring (bicyclic) bond motifs is 8. The lowest BCUT2D eigenvalue weighted by Gasteiger charge is -2.49. The Balaban J connectivity index is 1.17. The average molecular weight is 1200 g/mol. The Bertz CT molecular complexity index is 4810. The first-order valence-corrected chi connectivity index (χ1v) is 33.0. The standard InChI is InChI=1S/C83H82BN5S/c1-77(2,3)54-36-39-66(58(44-54)64-33-24-26-42-85-64)87-69-41-38-56(79(7,8)9)46-62(69)84-63-49-60-73(90-76-74(60)80(10,11)51-81(76,12)13)50-70(63)88(67-40-37-55(78(4,5)6)45-59(67)65-34-25-27-43-86-65)72-48-57(47-71(87)75(72)84)89-68-35-23-22-32-61(68)82(14,52-28-18-16-19-29-52)83(89,15)53-30-20-17-21-31-53/h16-50H,51H2,1-15H3/i15D3. The van der Waals surface area contributed by atoms with Gasteiger partial charge in [-0.25, -0.2) is 0 Å². The van der Waals surface area contributed by atoms with Crippen LogP contribution in [0.2, 0.25) is 0 Å². The molecule has 0 bridgehead atoms. The molecule has 2 atom stereocenters. The molecule has 2 unspecified atom stereocenters. The zero-order chi connectivity index (χ0) is 65.3. The number of para-hydroxylation sites is 1. The summed E-state index contributed by atoms with van der Waals surface area (Å²) in [6.07, 6.45) is 4.87. The fourth-order valence-corrected chi connectivity index (χ4v) is 17.7. The van der Waals surface area contributed by atoms with Crippen molar-refractivity contribution in [1.29, 1.82) is 0 Å². The minimum absolute atomic E-state index is 0.0234. The van der Waals surface area contributed by atoms with E-state index >= 15 is 0 Å². The van der Waals surface area contributed by atoms with Crippen molar-refractivity contribution in [3.8, 4) is 22.5 Å². The number of hydrogen-bond donors (Lipinski definition) is 0. The third kappa shape index (κ3) is 8.61. The molecule has 4 aliphatic rings. The summed E-state index contributed by atoms with van der Waals surface area (Å²) in [7, 11) is 0. The zero-order valence-corrected chi connectivity index (χ0v) is 55.5. The average Bonchev–Trinajstić information content (AvgIpc) is 1.56. The van der Waals surface area contributed by atoms with E-state index in [-0.39, 0.29) is 33.8 Å². The fourth-order valence-electron chi connectivity index (χ4n) is 16.2. The van der Waals surface area contributed by atoms with Crippen LogP contribution in [0, 0.1) is 0 Å². The maximum Gasteiger partial charge on any atom is 0.252 e. The van der Waals surface area contributed by atoms with E-state index in [1.807, 2.05) is 72.3 Å². The molecule has 7 heteroatoms. The normalized spacial score (nSPS) is 19.4. The molecule has 0 amide bonds. The molecule has 11 aromatic rings. The van der Waals surface area contributed by atoms with Gasteiger partial charge in [0.1, 0.15) is 0 Å². The van der Waals surface area contributed by atoms with Crippen LogP contribution in [0.1, 0.15) is 158 Å². The molecule has 0 saturated heterocycles. The second-order valence-corrected chi connectivity index (χ2v) is 31.5. The lowest BCUT2D eigenvalue weighted by Crippen LogP contribution is -2.61. The van der Waals surface area contributed by atoms with E-state index in [1.165, 1.54) is 48.1 Å². The number of aromatic nitrogens is 2. The Morgan fingerprint density at radius 1 is 0.467 bits per heavy atom. The van der Waals surface area contributed by atoms with Crippen LogP contribution in [0.4, 0.5) is 45.5 Å². The Morgan fingerprint density at radius 3 is 1.51 bits per heavy atom. The number of thiophene rings is 1. The van der Waals surface area contributed by atoms with Crippen LogP contribution >= 0.6 is 11.3 Å². The lowest BCUT2D eigenvalue weighted by molar-refractivity contribution is 0.335. The molecule has 5 nitrogen and oxygen atoms in total. The van der Waals surface area contributed by atoms with Crippen LogP contribution in [0.5, 0.6) is 0 Å². The van der Waals surface area contributed by atoms with Crippen LogP contribution in [0.25, 0.3) is 32.6 Å². The quantitative estimate of drug-likeness (QED) is 0.149. The van der Waals surface area contributed by atoms with Crippen LogP contribution in [-0.4, -0.2) is 16.7 Å². The molecule has 0 radical (unpaired) electrons. The Hall–Kier alpha value is -8.52. The molecule has 6 heterocycles. The smallest absolute Gasteiger partial charge is 0.252 e. The maximum atomic E-state index is 10.5. The first-order valence-electron chi connectivity index (χ1n) is 33.7. The van der Waals surface area contributed by atoms with Crippen molar-refractivity contribution in [2.75, 3.05) is 14.7 Å². The number of benzene rings is 8. The van der Waals surface area contributed by atoms with Gasteiger partial charge in [0.15, 0.2) is 0 Å². The summed E-state index contributed by atoms with van der Waals surface area (Å²) in [4.78, 5) is 19.2. The number of pyridine rings is 2. The maximum absolute atomic E-state index is 10.5. The minimum atomic E-state index is -2.66. The van der Waals surface area contributed by atoms with Gasteiger partial charge in [-0.1, -0.05) is 211 Å². The highest BCUT2D eigenvalue weighted by molar-refractivity contribution is 7.19. The highest BCUT2D eigenvalue weighted by atomic mass is 32.1. The number of nitrogens with zero attached hydrogens (tertiary/aromatic N) is 5. The van der Waals surface area contributed by atoms with Crippen molar-refractivity contribution < 1.29 is 4.11 Å². The van der Waals surface area contributed by atoms with Gasteiger partial charge in [0.05, 0.1) is 28.3 Å². The highest BCUT2D eigenvalue weighted by Crippen LogP contribution is 2.64. The largest absolute Gasteiger partial charge is 0.330 e. The van der Waals surface area contributed by atoms with Crippen LogP contribution < -0.4 is 31.1 Å². The molecule has 448 valence electrons.